The Morgan fingerprint density at radius 3 is 2.64 bits per heavy atom. The third kappa shape index (κ3) is 2.58. The van der Waals surface area contributed by atoms with Crippen molar-refractivity contribution in [3.05, 3.63) is 22.4 Å². The highest BCUT2D eigenvalue weighted by molar-refractivity contribution is 6.65. The van der Waals surface area contributed by atoms with Crippen LogP contribution in [-0.4, -0.2) is 20.5 Å². The summed E-state index contributed by atoms with van der Waals surface area (Å²) in [5.41, 5.74) is 3.22. The summed E-state index contributed by atoms with van der Waals surface area (Å²) >= 11 is 0. The smallest absolute Gasteiger partial charge is 0.0646 e. The molecule has 0 aromatic heterocycles. The molecule has 1 nitrogen and oxygen atoms in total. The van der Waals surface area contributed by atoms with Gasteiger partial charge in [-0.1, -0.05) is 42.4 Å². The van der Waals surface area contributed by atoms with E-state index in [1.54, 1.807) is 16.3 Å². The molecule has 0 amide bonds. The minimum Gasteiger partial charge on any atom is -0.396 e. The van der Waals surface area contributed by atoms with Crippen molar-refractivity contribution in [3.63, 3.8) is 0 Å². The highest BCUT2D eigenvalue weighted by Gasteiger charge is 2.18. The Labute approximate surface area is 89.1 Å². The van der Waals surface area contributed by atoms with Crippen molar-refractivity contribution in [2.24, 2.45) is 0 Å². The van der Waals surface area contributed by atoms with Crippen LogP contribution in [0.4, 0.5) is 0 Å². The fourth-order valence-electron chi connectivity index (χ4n) is 2.27. The highest BCUT2D eigenvalue weighted by atomic mass is 28.3. The first-order valence-corrected chi connectivity index (χ1v) is 8.61. The molecular weight excluding hydrogens is 188 g/mol. The summed E-state index contributed by atoms with van der Waals surface area (Å²) in [7, 11) is -0.630. The molecular formula is C12H22OSi. The number of hydrogen-bond acceptors (Lipinski definition) is 1. The first-order chi connectivity index (χ1) is 6.70. The maximum Gasteiger partial charge on any atom is 0.0646 e. The second-order valence-electron chi connectivity index (χ2n) is 4.28. The van der Waals surface area contributed by atoms with Gasteiger partial charge in [0.15, 0.2) is 0 Å². The summed E-state index contributed by atoms with van der Waals surface area (Å²) in [4.78, 5) is 0. The van der Waals surface area contributed by atoms with Crippen molar-refractivity contribution >= 4 is 8.80 Å². The van der Waals surface area contributed by atoms with E-state index in [4.69, 9.17) is 5.11 Å². The molecule has 0 spiro atoms. The molecule has 0 aliphatic heterocycles. The molecule has 0 saturated carbocycles. The van der Waals surface area contributed by atoms with Crippen LogP contribution in [0.25, 0.3) is 0 Å². The number of aliphatic hydroxyl groups excluding tert-OH is 1. The van der Waals surface area contributed by atoms with E-state index in [-0.39, 0.29) is 0 Å². The minimum absolute atomic E-state index is 0.328. The van der Waals surface area contributed by atoms with Gasteiger partial charge in [-0.05, 0) is 25.7 Å². The normalized spacial score (nSPS) is 16.8. The average molecular weight is 210 g/mol. The molecule has 0 fully saturated rings. The molecule has 1 aliphatic carbocycles. The molecule has 0 unspecified atom stereocenters. The van der Waals surface area contributed by atoms with Gasteiger partial charge in [-0.15, -0.1) is 0 Å². The molecule has 1 aliphatic rings. The molecule has 0 radical (unpaired) electrons. The van der Waals surface area contributed by atoms with Gasteiger partial charge >= 0.3 is 0 Å². The lowest BCUT2D eigenvalue weighted by atomic mass is 10.0. The van der Waals surface area contributed by atoms with Gasteiger partial charge in [-0.2, -0.15) is 0 Å². The molecule has 0 aromatic rings. The third-order valence-corrected chi connectivity index (χ3v) is 4.78. The summed E-state index contributed by atoms with van der Waals surface area (Å²) in [5, 5.41) is 10.5. The third-order valence-electron chi connectivity index (χ3n) is 2.96. The second kappa shape index (κ2) is 5.52. The molecule has 1 rings (SSSR count). The van der Waals surface area contributed by atoms with E-state index in [9.17, 15) is 0 Å². The van der Waals surface area contributed by atoms with Crippen molar-refractivity contribution < 1.29 is 5.11 Å². The topological polar surface area (TPSA) is 20.2 Å². The summed E-state index contributed by atoms with van der Waals surface area (Å²) in [6, 6.07) is 0. The van der Waals surface area contributed by atoms with Gasteiger partial charge in [-0.3, -0.25) is 0 Å². The summed E-state index contributed by atoms with van der Waals surface area (Å²) in [6.07, 6.45) is 6.80. The molecule has 0 bridgehead atoms. The van der Waals surface area contributed by atoms with E-state index in [1.165, 1.54) is 6.42 Å². The quantitative estimate of drug-likeness (QED) is 0.692. The molecule has 14 heavy (non-hydrogen) atoms. The van der Waals surface area contributed by atoms with Crippen LogP contribution < -0.4 is 0 Å². The molecule has 0 saturated heterocycles. The largest absolute Gasteiger partial charge is 0.396 e. The van der Waals surface area contributed by atoms with Crippen LogP contribution in [-0.2, 0) is 0 Å². The fraction of sp³-hybridized carbons (Fsp3) is 0.667. The number of allylic oxidation sites excluding steroid dienone is 4. The zero-order valence-electron chi connectivity index (χ0n) is 9.64. The fourth-order valence-corrected chi connectivity index (χ4v) is 3.96. The van der Waals surface area contributed by atoms with Crippen LogP contribution in [0.1, 0.15) is 32.6 Å². The van der Waals surface area contributed by atoms with E-state index in [0.717, 1.165) is 19.3 Å². The Bertz CT molecular complexity index is 251. The van der Waals surface area contributed by atoms with Crippen molar-refractivity contribution in [1.29, 1.82) is 0 Å². The van der Waals surface area contributed by atoms with E-state index in [1.807, 2.05) is 0 Å². The van der Waals surface area contributed by atoms with Gasteiger partial charge in [0.1, 0.15) is 0 Å². The van der Waals surface area contributed by atoms with Gasteiger partial charge < -0.3 is 5.11 Å². The Balaban J connectivity index is 2.70. The Hall–Kier alpha value is -0.343. The Morgan fingerprint density at radius 1 is 1.43 bits per heavy atom. The first-order valence-electron chi connectivity index (χ1n) is 5.72. The second-order valence-corrected chi connectivity index (χ2v) is 7.21. The number of aliphatic hydroxyl groups is 1. The van der Waals surface area contributed by atoms with E-state index >= 15 is 0 Å². The van der Waals surface area contributed by atoms with Gasteiger partial charge in [0.2, 0.25) is 0 Å². The maximum absolute atomic E-state index is 8.83. The molecule has 0 aromatic carbocycles. The van der Waals surface area contributed by atoms with Crippen molar-refractivity contribution in [2.45, 2.75) is 45.7 Å². The average Bonchev–Trinajstić information content (AvgIpc) is 2.57. The Morgan fingerprint density at radius 2 is 2.14 bits per heavy atom. The van der Waals surface area contributed by atoms with Crippen LogP contribution >= 0.6 is 0 Å². The number of hydrogen-bond donors (Lipinski definition) is 1. The lowest BCUT2D eigenvalue weighted by molar-refractivity contribution is 0.288. The van der Waals surface area contributed by atoms with Gasteiger partial charge in [0.25, 0.3) is 0 Å². The predicted octanol–water partition coefficient (Wildman–Crippen LogP) is 2.82. The van der Waals surface area contributed by atoms with Crippen LogP contribution in [0.5, 0.6) is 0 Å². The van der Waals surface area contributed by atoms with Crippen molar-refractivity contribution in [1.82, 2.24) is 0 Å². The lowest BCUT2D eigenvalue weighted by Crippen LogP contribution is -2.06. The van der Waals surface area contributed by atoms with E-state index in [0.29, 0.717) is 6.61 Å². The standard InChI is InChI=1S/C12H22OSi/c1-4-11-10(6-5-9-13)7-8-12(11)14(2)3/h8,13-14H,4-7,9H2,1-3H3. The molecule has 0 heterocycles. The summed E-state index contributed by atoms with van der Waals surface area (Å²) in [6.45, 7) is 7.38. The SMILES string of the molecule is CCC1=C(CCCO)CC=C1[SiH](C)C. The summed E-state index contributed by atoms with van der Waals surface area (Å²) < 4.78 is 0. The van der Waals surface area contributed by atoms with Crippen LogP contribution in [0.3, 0.4) is 0 Å². The van der Waals surface area contributed by atoms with Gasteiger partial charge in [-0.25, -0.2) is 0 Å². The van der Waals surface area contributed by atoms with Crippen molar-refractivity contribution in [2.75, 3.05) is 6.61 Å². The highest BCUT2D eigenvalue weighted by Crippen LogP contribution is 2.32. The minimum atomic E-state index is -0.630. The maximum atomic E-state index is 8.83. The van der Waals surface area contributed by atoms with Crippen molar-refractivity contribution in [3.8, 4) is 0 Å². The van der Waals surface area contributed by atoms with Crippen LogP contribution in [0, 0.1) is 0 Å². The molecule has 80 valence electrons. The van der Waals surface area contributed by atoms with Crippen LogP contribution in [0.2, 0.25) is 13.1 Å². The van der Waals surface area contributed by atoms with E-state index in [2.05, 4.69) is 26.1 Å². The van der Waals surface area contributed by atoms with Gasteiger partial charge in [0.05, 0.1) is 8.80 Å². The van der Waals surface area contributed by atoms with E-state index < -0.39 is 8.80 Å². The zero-order chi connectivity index (χ0) is 10.6. The Kier molecular flexibility index (Phi) is 4.62. The first kappa shape index (κ1) is 11.7. The number of rotatable bonds is 5. The molecule has 2 heteroatoms. The predicted molar refractivity (Wildman–Crippen MR) is 65.2 cm³/mol. The molecule has 0 atom stereocenters. The molecule has 1 N–H and O–H groups in total. The van der Waals surface area contributed by atoms with Crippen LogP contribution in [0.15, 0.2) is 22.4 Å². The van der Waals surface area contributed by atoms with Gasteiger partial charge in [0, 0.05) is 6.61 Å². The summed E-state index contributed by atoms with van der Waals surface area (Å²) in [5.74, 6) is 0. The lowest BCUT2D eigenvalue weighted by Gasteiger charge is -2.11. The monoisotopic (exact) mass is 210 g/mol. The zero-order valence-corrected chi connectivity index (χ0v) is 10.8.